The number of ether oxygens (including phenoxy) is 1. The molecule has 18 heavy (non-hydrogen) atoms. The van der Waals surface area contributed by atoms with Gasteiger partial charge in [-0.25, -0.2) is 4.68 Å². The molecule has 0 amide bonds. The Morgan fingerprint density at radius 1 is 1.22 bits per heavy atom. The third kappa shape index (κ3) is 1.70. The van der Waals surface area contributed by atoms with E-state index in [1.54, 1.807) is 6.20 Å². The topological polar surface area (TPSA) is 87.7 Å². The minimum atomic E-state index is -1.10. The van der Waals surface area contributed by atoms with Crippen LogP contribution in [0.1, 0.15) is 6.23 Å². The molecule has 1 aromatic carbocycles. The summed E-state index contributed by atoms with van der Waals surface area (Å²) >= 11 is 0. The summed E-state index contributed by atoms with van der Waals surface area (Å²) in [6.07, 6.45) is -2.01. The highest BCUT2D eigenvalue weighted by molar-refractivity contribution is 5.77. The van der Waals surface area contributed by atoms with E-state index >= 15 is 0 Å². The fourth-order valence-corrected chi connectivity index (χ4v) is 2.21. The molecule has 1 aromatic heterocycles. The van der Waals surface area contributed by atoms with E-state index in [9.17, 15) is 10.2 Å². The summed E-state index contributed by atoms with van der Waals surface area (Å²) in [5.74, 6) is 0. The first kappa shape index (κ1) is 11.6. The third-order valence-corrected chi connectivity index (χ3v) is 3.21. The van der Waals surface area contributed by atoms with E-state index in [2.05, 4.69) is 5.10 Å². The zero-order valence-corrected chi connectivity index (χ0v) is 9.55. The monoisotopic (exact) mass is 250 g/mol. The Hall–Kier alpha value is -1.47. The first-order chi connectivity index (χ1) is 8.70. The van der Waals surface area contributed by atoms with Crippen LogP contribution in [-0.2, 0) is 4.74 Å². The number of aliphatic hydroxyl groups is 3. The van der Waals surface area contributed by atoms with Gasteiger partial charge in [-0.15, -0.1) is 0 Å². The van der Waals surface area contributed by atoms with Crippen molar-refractivity contribution in [2.75, 3.05) is 6.61 Å². The Morgan fingerprint density at radius 2 is 2.00 bits per heavy atom. The van der Waals surface area contributed by atoms with Gasteiger partial charge in [0.1, 0.15) is 18.3 Å². The summed E-state index contributed by atoms with van der Waals surface area (Å²) in [4.78, 5) is 0. The van der Waals surface area contributed by atoms with Gasteiger partial charge in [0.25, 0.3) is 0 Å². The number of benzene rings is 1. The highest BCUT2D eigenvalue weighted by Crippen LogP contribution is 2.29. The van der Waals surface area contributed by atoms with Crippen molar-refractivity contribution < 1.29 is 20.1 Å². The molecule has 0 aliphatic carbocycles. The van der Waals surface area contributed by atoms with E-state index in [0.29, 0.717) is 0 Å². The average Bonchev–Trinajstić information content (AvgIpc) is 2.92. The minimum absolute atomic E-state index is 0.338. The van der Waals surface area contributed by atoms with Crippen LogP contribution in [0.3, 0.4) is 0 Å². The molecule has 6 heteroatoms. The second kappa shape index (κ2) is 4.33. The summed E-state index contributed by atoms with van der Waals surface area (Å²) < 4.78 is 6.88. The van der Waals surface area contributed by atoms with Crippen LogP contribution < -0.4 is 0 Å². The van der Waals surface area contributed by atoms with Crippen LogP contribution in [0.25, 0.3) is 10.9 Å². The lowest BCUT2D eigenvalue weighted by Crippen LogP contribution is -2.33. The summed E-state index contributed by atoms with van der Waals surface area (Å²) in [5.41, 5.74) is 0.787. The highest BCUT2D eigenvalue weighted by Gasteiger charge is 2.43. The number of aliphatic hydroxyl groups excluding tert-OH is 3. The van der Waals surface area contributed by atoms with Crippen molar-refractivity contribution in [3.05, 3.63) is 30.5 Å². The standard InChI is InChI=1S/C12H14N2O4/c15-6-9-10(16)11(17)12(18-9)14-5-7-3-1-2-4-8(7)13-14/h1-5,9-12,15-17H,6H2/t9-,10?,11?,12-/m1/s1. The van der Waals surface area contributed by atoms with Gasteiger partial charge in [0, 0.05) is 11.6 Å². The van der Waals surface area contributed by atoms with Gasteiger partial charge in [-0.1, -0.05) is 18.2 Å². The number of fused-ring (bicyclic) bond motifs is 1. The molecule has 2 unspecified atom stereocenters. The zero-order chi connectivity index (χ0) is 12.7. The summed E-state index contributed by atoms with van der Waals surface area (Å²) in [6, 6.07) is 7.52. The molecule has 2 heterocycles. The van der Waals surface area contributed by atoms with Gasteiger partial charge in [-0.2, -0.15) is 5.10 Å². The fourth-order valence-electron chi connectivity index (χ4n) is 2.21. The SMILES string of the molecule is OC[C@H]1O[C@@H](n2cc3ccccc3n2)C(O)C1O. The number of hydrogen-bond acceptors (Lipinski definition) is 5. The lowest BCUT2D eigenvalue weighted by molar-refractivity contribution is -0.0582. The molecular weight excluding hydrogens is 236 g/mol. The fraction of sp³-hybridized carbons (Fsp3) is 0.417. The van der Waals surface area contributed by atoms with E-state index in [4.69, 9.17) is 9.84 Å². The first-order valence-corrected chi connectivity index (χ1v) is 5.77. The van der Waals surface area contributed by atoms with Gasteiger partial charge in [-0.05, 0) is 6.07 Å². The van der Waals surface area contributed by atoms with Crippen molar-refractivity contribution in [2.45, 2.75) is 24.5 Å². The smallest absolute Gasteiger partial charge is 0.179 e. The Bertz CT molecular complexity index is 523. The molecule has 1 fully saturated rings. The van der Waals surface area contributed by atoms with Gasteiger partial charge in [0.2, 0.25) is 0 Å². The predicted octanol–water partition coefficient (Wildman–Crippen LogP) is -0.352. The summed E-state index contributed by atoms with van der Waals surface area (Å²) in [6.45, 7) is -0.338. The third-order valence-electron chi connectivity index (χ3n) is 3.21. The van der Waals surface area contributed by atoms with Crippen LogP contribution in [0.4, 0.5) is 0 Å². The van der Waals surface area contributed by atoms with Gasteiger partial charge < -0.3 is 20.1 Å². The number of rotatable bonds is 2. The Morgan fingerprint density at radius 3 is 2.67 bits per heavy atom. The molecule has 4 atom stereocenters. The Labute approximate surface area is 103 Å². The number of aromatic nitrogens is 2. The molecule has 6 nitrogen and oxygen atoms in total. The summed E-state index contributed by atoms with van der Waals surface area (Å²) in [7, 11) is 0. The maximum atomic E-state index is 9.89. The Kier molecular flexibility index (Phi) is 2.79. The van der Waals surface area contributed by atoms with Crippen LogP contribution >= 0.6 is 0 Å². The van der Waals surface area contributed by atoms with Crippen molar-refractivity contribution >= 4 is 10.9 Å². The van der Waals surface area contributed by atoms with Crippen molar-refractivity contribution in [3.8, 4) is 0 Å². The van der Waals surface area contributed by atoms with E-state index in [0.717, 1.165) is 10.9 Å². The van der Waals surface area contributed by atoms with Gasteiger partial charge in [0.15, 0.2) is 6.23 Å². The van der Waals surface area contributed by atoms with Crippen LogP contribution in [0.2, 0.25) is 0 Å². The van der Waals surface area contributed by atoms with Crippen molar-refractivity contribution in [2.24, 2.45) is 0 Å². The second-order valence-electron chi connectivity index (χ2n) is 4.40. The average molecular weight is 250 g/mol. The molecule has 0 bridgehead atoms. The van der Waals surface area contributed by atoms with Gasteiger partial charge in [-0.3, -0.25) is 0 Å². The Balaban J connectivity index is 1.95. The maximum Gasteiger partial charge on any atom is 0.179 e. The molecule has 3 N–H and O–H groups in total. The molecule has 0 spiro atoms. The molecule has 2 aromatic rings. The van der Waals surface area contributed by atoms with Crippen molar-refractivity contribution in [3.63, 3.8) is 0 Å². The van der Waals surface area contributed by atoms with Crippen molar-refractivity contribution in [1.29, 1.82) is 0 Å². The van der Waals surface area contributed by atoms with E-state index in [-0.39, 0.29) is 6.61 Å². The predicted molar refractivity (Wildman–Crippen MR) is 62.7 cm³/mol. The summed E-state index contributed by atoms with van der Waals surface area (Å²) in [5, 5.41) is 33.8. The molecular formula is C12H14N2O4. The van der Waals surface area contributed by atoms with Crippen LogP contribution in [0.15, 0.2) is 30.5 Å². The molecule has 3 rings (SSSR count). The van der Waals surface area contributed by atoms with E-state index < -0.39 is 24.5 Å². The number of hydrogen-bond donors (Lipinski definition) is 3. The molecule has 0 saturated carbocycles. The molecule has 0 radical (unpaired) electrons. The first-order valence-electron chi connectivity index (χ1n) is 5.77. The normalized spacial score (nSPS) is 32.2. The van der Waals surface area contributed by atoms with Crippen LogP contribution in [0.5, 0.6) is 0 Å². The second-order valence-corrected chi connectivity index (χ2v) is 4.40. The maximum absolute atomic E-state index is 9.89. The quantitative estimate of drug-likeness (QED) is 0.678. The minimum Gasteiger partial charge on any atom is -0.394 e. The zero-order valence-electron chi connectivity index (χ0n) is 9.55. The van der Waals surface area contributed by atoms with Crippen LogP contribution in [0, 0.1) is 0 Å². The van der Waals surface area contributed by atoms with Crippen molar-refractivity contribution in [1.82, 2.24) is 9.78 Å². The molecule has 1 saturated heterocycles. The van der Waals surface area contributed by atoms with E-state index in [1.807, 2.05) is 24.3 Å². The highest BCUT2D eigenvalue weighted by atomic mass is 16.6. The molecule has 1 aliphatic rings. The van der Waals surface area contributed by atoms with Gasteiger partial charge in [0.05, 0.1) is 12.1 Å². The lowest BCUT2D eigenvalue weighted by atomic mass is 10.1. The largest absolute Gasteiger partial charge is 0.394 e. The van der Waals surface area contributed by atoms with E-state index in [1.165, 1.54) is 4.68 Å². The van der Waals surface area contributed by atoms with Crippen LogP contribution in [-0.4, -0.2) is 50.0 Å². The van der Waals surface area contributed by atoms with Gasteiger partial charge >= 0.3 is 0 Å². The molecule has 1 aliphatic heterocycles. The number of nitrogens with zero attached hydrogens (tertiary/aromatic N) is 2. The molecule has 96 valence electrons. The lowest BCUT2D eigenvalue weighted by Gasteiger charge is -2.14.